The van der Waals surface area contributed by atoms with Gasteiger partial charge in [-0.15, -0.1) is 11.3 Å². The number of nitrogens with zero attached hydrogens (tertiary/aromatic N) is 1. The van der Waals surface area contributed by atoms with E-state index in [0.29, 0.717) is 6.54 Å². The molecule has 0 bridgehead atoms. The molecule has 1 aromatic heterocycles. The van der Waals surface area contributed by atoms with Crippen molar-refractivity contribution >= 4 is 17.2 Å². The van der Waals surface area contributed by atoms with Crippen LogP contribution in [0.1, 0.15) is 10.9 Å². The largest absolute Gasteiger partial charge is 0.353 e. The number of hydrogen-bond acceptors (Lipinski definition) is 4. The minimum absolute atomic E-state index is 0.112. The summed E-state index contributed by atoms with van der Waals surface area (Å²) in [5.41, 5.74) is 5.78. The van der Waals surface area contributed by atoms with E-state index in [4.69, 9.17) is 5.73 Å². The summed E-state index contributed by atoms with van der Waals surface area (Å²) >= 11 is 1.50. The molecule has 0 radical (unpaired) electrons. The van der Waals surface area contributed by atoms with Crippen LogP contribution in [-0.2, 0) is 4.79 Å². The monoisotopic (exact) mass is 227 g/mol. The van der Waals surface area contributed by atoms with Crippen molar-refractivity contribution in [3.8, 4) is 0 Å². The number of amides is 1. The molecule has 0 spiro atoms. The summed E-state index contributed by atoms with van der Waals surface area (Å²) in [6.45, 7) is 1.45. The third kappa shape index (κ3) is 3.99. The van der Waals surface area contributed by atoms with E-state index in [1.54, 1.807) is 0 Å². The van der Waals surface area contributed by atoms with Gasteiger partial charge in [-0.3, -0.25) is 4.79 Å². The van der Waals surface area contributed by atoms with Gasteiger partial charge in [0.05, 0.1) is 0 Å². The number of hydrogen-bond donors (Lipinski definition) is 2. The number of rotatable bonds is 5. The SMILES string of the molecule is CN(C)CCNC(=O)C(N)c1cccs1. The highest BCUT2D eigenvalue weighted by molar-refractivity contribution is 7.10. The Morgan fingerprint density at radius 2 is 2.40 bits per heavy atom. The van der Waals surface area contributed by atoms with Gasteiger partial charge in [0, 0.05) is 18.0 Å². The first-order chi connectivity index (χ1) is 7.11. The molecule has 3 N–H and O–H groups in total. The van der Waals surface area contributed by atoms with E-state index in [2.05, 4.69) is 5.32 Å². The Labute approximate surface area is 94.1 Å². The highest BCUT2D eigenvalue weighted by Gasteiger charge is 2.15. The van der Waals surface area contributed by atoms with Gasteiger partial charge in [0.15, 0.2) is 0 Å². The lowest BCUT2D eigenvalue weighted by Crippen LogP contribution is -2.37. The fourth-order valence-corrected chi connectivity index (χ4v) is 1.84. The van der Waals surface area contributed by atoms with Crippen LogP contribution in [0.5, 0.6) is 0 Å². The third-order valence-electron chi connectivity index (χ3n) is 1.99. The van der Waals surface area contributed by atoms with Crippen LogP contribution in [0.25, 0.3) is 0 Å². The molecule has 1 amide bonds. The second kappa shape index (κ2) is 5.85. The Morgan fingerprint density at radius 3 is 2.93 bits per heavy atom. The molecule has 1 atom stereocenters. The second-order valence-electron chi connectivity index (χ2n) is 3.59. The van der Waals surface area contributed by atoms with Gasteiger partial charge in [0.1, 0.15) is 6.04 Å². The minimum Gasteiger partial charge on any atom is -0.353 e. The van der Waals surface area contributed by atoms with E-state index in [1.165, 1.54) is 11.3 Å². The summed E-state index contributed by atoms with van der Waals surface area (Å²) in [5.74, 6) is -0.112. The van der Waals surface area contributed by atoms with Crippen molar-refractivity contribution in [2.75, 3.05) is 27.2 Å². The number of thiophene rings is 1. The maximum Gasteiger partial charge on any atom is 0.242 e. The van der Waals surface area contributed by atoms with Gasteiger partial charge in [0.2, 0.25) is 5.91 Å². The number of nitrogens with two attached hydrogens (primary N) is 1. The van der Waals surface area contributed by atoms with Gasteiger partial charge in [-0.2, -0.15) is 0 Å². The van der Waals surface area contributed by atoms with Gasteiger partial charge >= 0.3 is 0 Å². The average molecular weight is 227 g/mol. The quantitative estimate of drug-likeness (QED) is 0.767. The van der Waals surface area contributed by atoms with E-state index in [9.17, 15) is 4.79 Å². The molecule has 0 aliphatic carbocycles. The smallest absolute Gasteiger partial charge is 0.242 e. The van der Waals surface area contributed by atoms with E-state index in [-0.39, 0.29) is 5.91 Å². The topological polar surface area (TPSA) is 58.4 Å². The molecule has 0 aliphatic rings. The molecule has 5 heteroatoms. The highest BCUT2D eigenvalue weighted by atomic mass is 32.1. The van der Waals surface area contributed by atoms with E-state index in [0.717, 1.165) is 11.4 Å². The molecule has 0 aromatic carbocycles. The van der Waals surface area contributed by atoms with E-state index in [1.807, 2.05) is 36.5 Å². The van der Waals surface area contributed by atoms with Crippen molar-refractivity contribution in [3.05, 3.63) is 22.4 Å². The molecule has 4 nitrogen and oxygen atoms in total. The molecular weight excluding hydrogens is 210 g/mol. The van der Waals surface area contributed by atoms with Crippen LogP contribution in [-0.4, -0.2) is 38.0 Å². The van der Waals surface area contributed by atoms with Crippen molar-refractivity contribution in [1.29, 1.82) is 0 Å². The summed E-state index contributed by atoms with van der Waals surface area (Å²) in [6, 6.07) is 3.24. The molecule has 1 unspecified atom stereocenters. The molecule has 1 rings (SSSR count). The van der Waals surface area contributed by atoms with Crippen LogP contribution >= 0.6 is 11.3 Å². The molecule has 1 heterocycles. The van der Waals surface area contributed by atoms with Crippen molar-refractivity contribution in [2.45, 2.75) is 6.04 Å². The summed E-state index contributed by atoms with van der Waals surface area (Å²) in [4.78, 5) is 14.5. The van der Waals surface area contributed by atoms with Crippen molar-refractivity contribution in [1.82, 2.24) is 10.2 Å². The standard InChI is InChI=1S/C10H17N3OS/c1-13(2)6-5-12-10(14)9(11)8-4-3-7-15-8/h3-4,7,9H,5-6,11H2,1-2H3,(H,12,14). The molecule has 0 fully saturated rings. The average Bonchev–Trinajstić information content (AvgIpc) is 2.68. The van der Waals surface area contributed by atoms with Crippen LogP contribution in [0.3, 0.4) is 0 Å². The lowest BCUT2D eigenvalue weighted by atomic mass is 10.2. The first-order valence-corrected chi connectivity index (χ1v) is 5.70. The maximum atomic E-state index is 11.6. The third-order valence-corrected chi connectivity index (χ3v) is 2.95. The molecular formula is C10H17N3OS. The van der Waals surface area contributed by atoms with Crippen LogP contribution in [0.15, 0.2) is 17.5 Å². The zero-order chi connectivity index (χ0) is 11.3. The first kappa shape index (κ1) is 12.2. The van der Waals surface area contributed by atoms with Crippen LogP contribution in [0, 0.1) is 0 Å². The minimum atomic E-state index is -0.535. The fraction of sp³-hybridized carbons (Fsp3) is 0.500. The lowest BCUT2D eigenvalue weighted by molar-refractivity contribution is -0.122. The van der Waals surface area contributed by atoms with Gasteiger partial charge in [-0.05, 0) is 25.5 Å². The molecule has 84 valence electrons. The molecule has 0 saturated heterocycles. The normalized spacial score (nSPS) is 12.8. The van der Waals surface area contributed by atoms with E-state index >= 15 is 0 Å². The Balaban J connectivity index is 2.34. The number of nitrogens with one attached hydrogen (secondary N) is 1. The molecule has 15 heavy (non-hydrogen) atoms. The molecule has 1 aromatic rings. The summed E-state index contributed by atoms with van der Waals surface area (Å²) in [6.07, 6.45) is 0. The zero-order valence-electron chi connectivity index (χ0n) is 9.06. The van der Waals surface area contributed by atoms with Crippen LogP contribution in [0.4, 0.5) is 0 Å². The van der Waals surface area contributed by atoms with Gasteiger partial charge in [-0.25, -0.2) is 0 Å². The van der Waals surface area contributed by atoms with Crippen molar-refractivity contribution < 1.29 is 4.79 Å². The lowest BCUT2D eigenvalue weighted by Gasteiger charge is -2.13. The van der Waals surface area contributed by atoms with Crippen LogP contribution in [0.2, 0.25) is 0 Å². The molecule has 0 aliphatic heterocycles. The van der Waals surface area contributed by atoms with Gasteiger partial charge < -0.3 is 16.0 Å². The predicted octanol–water partition coefficient (Wildman–Crippen LogP) is 0.426. The zero-order valence-corrected chi connectivity index (χ0v) is 9.88. The number of carbonyl (C=O) groups excluding carboxylic acids is 1. The first-order valence-electron chi connectivity index (χ1n) is 4.82. The van der Waals surface area contributed by atoms with Crippen molar-refractivity contribution in [3.63, 3.8) is 0 Å². The number of carbonyl (C=O) groups is 1. The maximum absolute atomic E-state index is 11.6. The van der Waals surface area contributed by atoms with E-state index < -0.39 is 6.04 Å². The number of likely N-dealkylation sites (N-methyl/N-ethyl adjacent to an activating group) is 1. The van der Waals surface area contributed by atoms with Crippen molar-refractivity contribution in [2.24, 2.45) is 5.73 Å². The summed E-state index contributed by atoms with van der Waals surface area (Å²) in [5, 5.41) is 4.72. The Morgan fingerprint density at radius 1 is 1.67 bits per heavy atom. The Kier molecular flexibility index (Phi) is 4.74. The second-order valence-corrected chi connectivity index (χ2v) is 4.57. The predicted molar refractivity (Wildman–Crippen MR) is 62.8 cm³/mol. The Bertz CT molecular complexity index is 298. The highest BCUT2D eigenvalue weighted by Crippen LogP contribution is 2.16. The Hall–Kier alpha value is -0.910. The fourth-order valence-electron chi connectivity index (χ4n) is 1.11. The van der Waals surface area contributed by atoms with Gasteiger partial charge in [0.25, 0.3) is 0 Å². The summed E-state index contributed by atoms with van der Waals surface area (Å²) < 4.78 is 0. The molecule has 0 saturated carbocycles. The van der Waals surface area contributed by atoms with Crippen LogP contribution < -0.4 is 11.1 Å². The summed E-state index contributed by atoms with van der Waals surface area (Å²) in [7, 11) is 3.93. The van der Waals surface area contributed by atoms with Gasteiger partial charge in [-0.1, -0.05) is 6.07 Å².